The molecule has 0 heterocycles. The van der Waals surface area contributed by atoms with Crippen LogP contribution in [0.15, 0.2) is 0 Å². The average molecular weight is 273 g/mol. The van der Waals surface area contributed by atoms with E-state index in [0.717, 1.165) is 0 Å². The fraction of sp³-hybridized carbons (Fsp3) is 0.846. The molecule has 0 bridgehead atoms. The van der Waals surface area contributed by atoms with Gasteiger partial charge in [0.25, 0.3) is 0 Å². The first kappa shape index (κ1) is 15.8. The van der Waals surface area contributed by atoms with E-state index >= 15 is 0 Å². The van der Waals surface area contributed by atoms with E-state index in [0.29, 0.717) is 12.8 Å². The first-order valence-corrected chi connectivity index (χ1v) is 6.26. The summed E-state index contributed by atoms with van der Waals surface area (Å²) in [7, 11) is 1.27. The molecule has 0 aromatic heterocycles. The smallest absolute Gasteiger partial charge is 0.408 e. The number of nitrogens with one attached hydrogen (secondary N) is 1. The van der Waals surface area contributed by atoms with Crippen molar-refractivity contribution in [2.75, 3.05) is 13.7 Å². The Morgan fingerprint density at radius 1 is 1.32 bits per heavy atom. The van der Waals surface area contributed by atoms with Crippen LogP contribution in [0.4, 0.5) is 4.79 Å². The van der Waals surface area contributed by atoms with Gasteiger partial charge in [0.15, 0.2) is 0 Å². The average Bonchev–Trinajstić information content (AvgIpc) is 2.22. The van der Waals surface area contributed by atoms with E-state index in [1.54, 1.807) is 20.8 Å². The lowest BCUT2D eigenvalue weighted by molar-refractivity contribution is -0.161. The molecule has 1 fully saturated rings. The highest BCUT2D eigenvalue weighted by Gasteiger charge is 2.58. The molecular formula is C13H23NO5. The van der Waals surface area contributed by atoms with Crippen molar-refractivity contribution in [2.45, 2.75) is 51.7 Å². The van der Waals surface area contributed by atoms with Gasteiger partial charge in [0.05, 0.1) is 7.11 Å². The third-order valence-electron chi connectivity index (χ3n) is 3.16. The maximum Gasteiger partial charge on any atom is 0.408 e. The van der Waals surface area contributed by atoms with Crippen molar-refractivity contribution in [1.29, 1.82) is 0 Å². The summed E-state index contributed by atoms with van der Waals surface area (Å²) in [4.78, 5) is 23.6. The number of alkyl carbamates (subject to hydrolysis) is 1. The molecule has 0 aromatic carbocycles. The molecule has 1 aliphatic carbocycles. The van der Waals surface area contributed by atoms with Gasteiger partial charge in [-0.3, -0.25) is 0 Å². The summed E-state index contributed by atoms with van der Waals surface area (Å²) in [5.74, 6) is -0.510. The van der Waals surface area contributed by atoms with Crippen LogP contribution >= 0.6 is 0 Å². The molecule has 19 heavy (non-hydrogen) atoms. The van der Waals surface area contributed by atoms with E-state index in [4.69, 9.17) is 9.47 Å². The highest BCUT2D eigenvalue weighted by atomic mass is 16.6. The van der Waals surface area contributed by atoms with Crippen LogP contribution in [0.3, 0.4) is 0 Å². The Labute approximate surface area is 113 Å². The lowest BCUT2D eigenvalue weighted by Crippen LogP contribution is -2.67. The minimum Gasteiger partial charge on any atom is -0.467 e. The Kier molecular flexibility index (Phi) is 4.14. The molecule has 0 radical (unpaired) electrons. The highest BCUT2D eigenvalue weighted by Crippen LogP contribution is 2.48. The van der Waals surface area contributed by atoms with Crippen molar-refractivity contribution in [3.8, 4) is 0 Å². The van der Waals surface area contributed by atoms with E-state index in [9.17, 15) is 14.7 Å². The van der Waals surface area contributed by atoms with Crippen LogP contribution in [-0.2, 0) is 14.3 Å². The second kappa shape index (κ2) is 5.00. The fourth-order valence-electron chi connectivity index (χ4n) is 2.50. The third-order valence-corrected chi connectivity index (χ3v) is 3.16. The molecule has 1 amide bonds. The number of aliphatic hydroxyl groups excluding tert-OH is 1. The van der Waals surface area contributed by atoms with Crippen LogP contribution in [0, 0.1) is 5.41 Å². The number of esters is 1. The van der Waals surface area contributed by atoms with E-state index in [-0.39, 0.29) is 12.0 Å². The summed E-state index contributed by atoms with van der Waals surface area (Å²) in [6.45, 7) is 7.05. The Morgan fingerprint density at radius 2 is 1.84 bits per heavy atom. The number of hydrogen-bond donors (Lipinski definition) is 2. The van der Waals surface area contributed by atoms with Gasteiger partial charge in [-0.2, -0.15) is 0 Å². The van der Waals surface area contributed by atoms with E-state index in [2.05, 4.69) is 5.32 Å². The van der Waals surface area contributed by atoms with Crippen LogP contribution in [0.1, 0.15) is 40.5 Å². The number of ether oxygens (including phenoxy) is 2. The van der Waals surface area contributed by atoms with Gasteiger partial charge >= 0.3 is 12.1 Å². The van der Waals surface area contributed by atoms with Crippen molar-refractivity contribution in [2.24, 2.45) is 5.41 Å². The zero-order chi connectivity index (χ0) is 14.9. The molecule has 0 unspecified atom stereocenters. The molecule has 0 saturated heterocycles. The Hall–Kier alpha value is -1.30. The van der Waals surface area contributed by atoms with Crippen LogP contribution < -0.4 is 5.32 Å². The number of hydrogen-bond acceptors (Lipinski definition) is 5. The first-order chi connectivity index (χ1) is 8.56. The van der Waals surface area contributed by atoms with Crippen molar-refractivity contribution in [3.05, 3.63) is 0 Å². The lowest BCUT2D eigenvalue weighted by Gasteiger charge is -2.51. The van der Waals surface area contributed by atoms with Gasteiger partial charge in [-0.25, -0.2) is 9.59 Å². The first-order valence-electron chi connectivity index (χ1n) is 6.26. The highest BCUT2D eigenvalue weighted by molar-refractivity contribution is 5.87. The molecule has 1 rings (SSSR count). The minimum atomic E-state index is -1.09. The Balaban J connectivity index is 2.74. The zero-order valence-electron chi connectivity index (χ0n) is 12.2. The van der Waals surface area contributed by atoms with Crippen LogP contribution in [0.2, 0.25) is 0 Å². The normalized spacial score (nSPS) is 30.2. The van der Waals surface area contributed by atoms with Gasteiger partial charge in [-0.15, -0.1) is 0 Å². The topological polar surface area (TPSA) is 84.9 Å². The van der Waals surface area contributed by atoms with Gasteiger partial charge in [-0.05, 0) is 39.0 Å². The molecule has 6 nitrogen and oxygen atoms in total. The number of amides is 1. The predicted molar refractivity (Wildman–Crippen MR) is 68.5 cm³/mol. The number of carbonyl (C=O) groups excluding carboxylic acids is 2. The number of rotatable bonds is 3. The van der Waals surface area contributed by atoms with Gasteiger partial charge in [-0.1, -0.05) is 6.92 Å². The molecule has 0 aliphatic heterocycles. The van der Waals surface area contributed by atoms with E-state index < -0.39 is 23.2 Å². The van der Waals surface area contributed by atoms with Gasteiger partial charge in [0.1, 0.15) is 11.1 Å². The van der Waals surface area contributed by atoms with Crippen molar-refractivity contribution >= 4 is 12.1 Å². The van der Waals surface area contributed by atoms with Gasteiger partial charge < -0.3 is 19.9 Å². The largest absolute Gasteiger partial charge is 0.467 e. The summed E-state index contributed by atoms with van der Waals surface area (Å²) < 4.78 is 9.88. The summed E-state index contributed by atoms with van der Waals surface area (Å²) in [5, 5.41) is 11.8. The van der Waals surface area contributed by atoms with Crippen LogP contribution in [0.5, 0.6) is 0 Å². The van der Waals surface area contributed by atoms with Gasteiger partial charge in [0, 0.05) is 6.61 Å². The Bertz CT molecular complexity index is 366. The molecule has 2 N–H and O–H groups in total. The lowest BCUT2D eigenvalue weighted by atomic mass is 9.58. The maximum atomic E-state index is 11.8. The molecule has 6 heteroatoms. The van der Waals surface area contributed by atoms with Crippen molar-refractivity contribution in [1.82, 2.24) is 5.32 Å². The second-order valence-electron chi connectivity index (χ2n) is 6.52. The van der Waals surface area contributed by atoms with Crippen molar-refractivity contribution < 1.29 is 24.2 Å². The molecular weight excluding hydrogens is 250 g/mol. The van der Waals surface area contributed by atoms with E-state index in [1.165, 1.54) is 7.11 Å². The standard InChI is InChI=1S/C13H23NO5/c1-11(2,3)19-10(17)14-13(9(16)18-5)6-12(4,7-13)8-15/h15H,6-8H2,1-5H3,(H,14,17). The molecule has 1 aliphatic rings. The summed E-state index contributed by atoms with van der Waals surface area (Å²) in [6.07, 6.45) is 0.0167. The SMILES string of the molecule is COC(=O)C1(NC(=O)OC(C)(C)C)CC(C)(CO)C1. The van der Waals surface area contributed by atoms with E-state index in [1.807, 2.05) is 6.92 Å². The predicted octanol–water partition coefficient (Wildman–Crippen LogP) is 1.22. The maximum absolute atomic E-state index is 11.8. The third kappa shape index (κ3) is 3.59. The fourth-order valence-corrected chi connectivity index (χ4v) is 2.50. The van der Waals surface area contributed by atoms with Crippen LogP contribution in [-0.4, -0.2) is 42.0 Å². The quantitative estimate of drug-likeness (QED) is 0.755. The molecule has 0 spiro atoms. The summed E-state index contributed by atoms with van der Waals surface area (Å²) >= 11 is 0. The van der Waals surface area contributed by atoms with Crippen LogP contribution in [0.25, 0.3) is 0 Å². The van der Waals surface area contributed by atoms with Gasteiger partial charge in [0.2, 0.25) is 0 Å². The summed E-state index contributed by atoms with van der Waals surface area (Å²) in [5.41, 5.74) is -2.09. The number of methoxy groups -OCH3 is 1. The molecule has 110 valence electrons. The Morgan fingerprint density at radius 3 is 2.21 bits per heavy atom. The second-order valence-corrected chi connectivity index (χ2v) is 6.52. The molecule has 1 saturated carbocycles. The monoisotopic (exact) mass is 273 g/mol. The number of aliphatic hydroxyl groups is 1. The molecule has 0 aromatic rings. The summed E-state index contributed by atoms with van der Waals surface area (Å²) in [6, 6.07) is 0. The number of carbonyl (C=O) groups is 2. The van der Waals surface area contributed by atoms with Crippen molar-refractivity contribution in [3.63, 3.8) is 0 Å². The zero-order valence-corrected chi connectivity index (χ0v) is 12.2. The minimum absolute atomic E-state index is 0.0399. The molecule has 0 atom stereocenters.